The van der Waals surface area contributed by atoms with Gasteiger partial charge in [0.1, 0.15) is 6.04 Å². The first-order chi connectivity index (χ1) is 8.06. The summed E-state index contributed by atoms with van der Waals surface area (Å²) in [6, 6.07) is -0.261. The Labute approximate surface area is 104 Å². The van der Waals surface area contributed by atoms with E-state index in [0.29, 0.717) is 12.5 Å². The zero-order chi connectivity index (χ0) is 12.8. The van der Waals surface area contributed by atoms with Crippen LogP contribution in [-0.2, 0) is 4.79 Å². The average molecular weight is 242 g/mol. The van der Waals surface area contributed by atoms with Gasteiger partial charge in [-0.3, -0.25) is 9.69 Å². The van der Waals surface area contributed by atoms with E-state index in [1.165, 1.54) is 6.42 Å². The first kappa shape index (κ1) is 14.5. The van der Waals surface area contributed by atoms with Gasteiger partial charge in [-0.05, 0) is 31.8 Å². The number of likely N-dealkylation sites (N-methyl/N-ethyl adjacent to an activating group) is 1. The zero-order valence-corrected chi connectivity index (χ0v) is 11.3. The Morgan fingerprint density at radius 3 is 2.71 bits per heavy atom. The molecular formula is C13H26N2O2. The Bertz CT molecular complexity index is 244. The first-order valence-corrected chi connectivity index (χ1v) is 6.76. The average Bonchev–Trinajstić information content (AvgIpc) is 2.26. The van der Waals surface area contributed by atoms with Crippen LogP contribution in [-0.4, -0.2) is 47.7 Å². The molecule has 1 aliphatic rings. The number of nitrogens with one attached hydrogen (secondary N) is 1. The maximum atomic E-state index is 11.3. The number of likely N-dealkylation sites (tertiary alicyclic amines) is 1. The molecule has 2 atom stereocenters. The summed E-state index contributed by atoms with van der Waals surface area (Å²) in [6.07, 6.45) is 3.34. The predicted octanol–water partition coefficient (Wildman–Crippen LogP) is 1.56. The highest BCUT2D eigenvalue weighted by molar-refractivity contribution is 5.74. The van der Waals surface area contributed by atoms with Gasteiger partial charge >= 0.3 is 5.97 Å². The van der Waals surface area contributed by atoms with Crippen LogP contribution in [0.15, 0.2) is 0 Å². The van der Waals surface area contributed by atoms with Gasteiger partial charge < -0.3 is 10.4 Å². The summed E-state index contributed by atoms with van der Waals surface area (Å²) in [5, 5.41) is 12.4. The molecule has 0 aromatic rings. The smallest absolute Gasteiger partial charge is 0.322 e. The highest BCUT2D eigenvalue weighted by atomic mass is 16.4. The minimum absolute atomic E-state index is 0.156. The molecule has 4 heteroatoms. The second-order valence-electron chi connectivity index (χ2n) is 5.33. The normalized spacial score (nSPS) is 23.9. The summed E-state index contributed by atoms with van der Waals surface area (Å²) in [5.74, 6) is -0.126. The van der Waals surface area contributed by atoms with Gasteiger partial charge in [0.15, 0.2) is 0 Å². The zero-order valence-electron chi connectivity index (χ0n) is 11.3. The Morgan fingerprint density at radius 1 is 1.47 bits per heavy atom. The summed E-state index contributed by atoms with van der Waals surface area (Å²) >= 11 is 0. The van der Waals surface area contributed by atoms with Gasteiger partial charge in [0.2, 0.25) is 0 Å². The largest absolute Gasteiger partial charge is 0.480 e. The van der Waals surface area contributed by atoms with Crippen LogP contribution < -0.4 is 5.32 Å². The van der Waals surface area contributed by atoms with E-state index >= 15 is 0 Å². The van der Waals surface area contributed by atoms with Crippen LogP contribution >= 0.6 is 0 Å². The molecule has 1 saturated heterocycles. The molecule has 0 aromatic heterocycles. The van der Waals surface area contributed by atoms with E-state index < -0.39 is 12.0 Å². The molecule has 17 heavy (non-hydrogen) atoms. The molecule has 1 aliphatic heterocycles. The van der Waals surface area contributed by atoms with Gasteiger partial charge in [-0.1, -0.05) is 27.2 Å². The minimum Gasteiger partial charge on any atom is -0.480 e. The summed E-state index contributed by atoms with van der Waals surface area (Å²) < 4.78 is 0. The molecule has 0 radical (unpaired) electrons. The topological polar surface area (TPSA) is 52.6 Å². The lowest BCUT2D eigenvalue weighted by Gasteiger charge is -2.40. The van der Waals surface area contributed by atoms with Crippen molar-refractivity contribution in [3.63, 3.8) is 0 Å². The number of hydrogen-bond acceptors (Lipinski definition) is 3. The van der Waals surface area contributed by atoms with Crippen LogP contribution in [0.4, 0.5) is 0 Å². The fraction of sp³-hybridized carbons (Fsp3) is 0.923. The van der Waals surface area contributed by atoms with Gasteiger partial charge in [0.05, 0.1) is 0 Å². The Morgan fingerprint density at radius 2 is 2.18 bits per heavy atom. The molecule has 2 unspecified atom stereocenters. The highest BCUT2D eigenvalue weighted by Gasteiger charge is 2.33. The lowest BCUT2D eigenvalue weighted by Crippen LogP contribution is -2.56. The highest BCUT2D eigenvalue weighted by Crippen LogP contribution is 2.21. The van der Waals surface area contributed by atoms with Gasteiger partial charge in [0, 0.05) is 12.6 Å². The van der Waals surface area contributed by atoms with Crippen molar-refractivity contribution < 1.29 is 9.90 Å². The van der Waals surface area contributed by atoms with Crippen LogP contribution in [0.2, 0.25) is 0 Å². The molecule has 0 spiro atoms. The van der Waals surface area contributed by atoms with Gasteiger partial charge in [-0.25, -0.2) is 0 Å². The first-order valence-electron chi connectivity index (χ1n) is 6.76. The second-order valence-corrected chi connectivity index (χ2v) is 5.33. The van der Waals surface area contributed by atoms with Crippen LogP contribution in [0, 0.1) is 5.92 Å². The molecule has 100 valence electrons. The Kier molecular flexibility index (Phi) is 5.92. The molecule has 0 saturated carbocycles. The fourth-order valence-electron chi connectivity index (χ4n) is 2.70. The molecule has 4 nitrogen and oxygen atoms in total. The van der Waals surface area contributed by atoms with E-state index in [9.17, 15) is 9.90 Å². The monoisotopic (exact) mass is 242 g/mol. The van der Waals surface area contributed by atoms with Crippen molar-refractivity contribution in [1.29, 1.82) is 0 Å². The third kappa shape index (κ3) is 4.28. The van der Waals surface area contributed by atoms with E-state index in [4.69, 9.17) is 0 Å². The number of carboxylic acids is 1. The van der Waals surface area contributed by atoms with Gasteiger partial charge in [0.25, 0.3) is 0 Å². The molecule has 1 fully saturated rings. The number of aliphatic carboxylic acids is 1. The van der Waals surface area contributed by atoms with Crippen molar-refractivity contribution in [3.8, 4) is 0 Å². The number of hydrogen-bond donors (Lipinski definition) is 2. The van der Waals surface area contributed by atoms with E-state index in [2.05, 4.69) is 24.1 Å². The van der Waals surface area contributed by atoms with Crippen molar-refractivity contribution in [2.75, 3.05) is 19.6 Å². The molecule has 0 aromatic carbocycles. The third-order valence-corrected chi connectivity index (χ3v) is 3.34. The number of rotatable bonds is 6. The van der Waals surface area contributed by atoms with Gasteiger partial charge in [-0.15, -0.1) is 0 Å². The SMILES string of the molecule is CCNC(C(=O)O)C1CCCCN1CC(C)C. The minimum atomic E-state index is -0.715. The maximum Gasteiger partial charge on any atom is 0.322 e. The predicted molar refractivity (Wildman–Crippen MR) is 69.2 cm³/mol. The van der Waals surface area contributed by atoms with E-state index in [1.54, 1.807) is 0 Å². The van der Waals surface area contributed by atoms with Crippen molar-refractivity contribution >= 4 is 5.97 Å². The third-order valence-electron chi connectivity index (χ3n) is 3.34. The van der Waals surface area contributed by atoms with Crippen molar-refractivity contribution in [1.82, 2.24) is 10.2 Å². The summed E-state index contributed by atoms with van der Waals surface area (Å²) in [6.45, 7) is 9.09. The summed E-state index contributed by atoms with van der Waals surface area (Å²) in [7, 11) is 0. The van der Waals surface area contributed by atoms with Crippen LogP contribution in [0.3, 0.4) is 0 Å². The number of carbonyl (C=O) groups is 1. The molecule has 1 rings (SSSR count). The maximum absolute atomic E-state index is 11.3. The van der Waals surface area contributed by atoms with Gasteiger partial charge in [-0.2, -0.15) is 0 Å². The van der Waals surface area contributed by atoms with E-state index in [0.717, 1.165) is 25.9 Å². The quantitative estimate of drug-likeness (QED) is 0.742. The molecule has 2 N–H and O–H groups in total. The van der Waals surface area contributed by atoms with Crippen molar-refractivity contribution in [3.05, 3.63) is 0 Å². The summed E-state index contributed by atoms with van der Waals surface area (Å²) in [4.78, 5) is 13.7. The van der Waals surface area contributed by atoms with Crippen LogP contribution in [0.25, 0.3) is 0 Å². The number of carboxylic acid groups (broad SMARTS) is 1. The van der Waals surface area contributed by atoms with E-state index in [1.807, 2.05) is 6.92 Å². The lowest BCUT2D eigenvalue weighted by atomic mass is 9.94. The standard InChI is InChI=1S/C13H26N2O2/c1-4-14-12(13(16)17)11-7-5-6-8-15(11)9-10(2)3/h10-12,14H,4-9H2,1-3H3,(H,16,17). The Balaban J connectivity index is 2.70. The number of piperidine rings is 1. The molecule has 0 bridgehead atoms. The van der Waals surface area contributed by atoms with Crippen LogP contribution in [0.1, 0.15) is 40.0 Å². The Hall–Kier alpha value is -0.610. The van der Waals surface area contributed by atoms with E-state index in [-0.39, 0.29) is 6.04 Å². The second kappa shape index (κ2) is 6.97. The summed E-state index contributed by atoms with van der Waals surface area (Å²) in [5.41, 5.74) is 0. The number of nitrogens with zero attached hydrogens (tertiary/aromatic N) is 1. The van der Waals surface area contributed by atoms with Crippen molar-refractivity contribution in [2.24, 2.45) is 5.92 Å². The molecular weight excluding hydrogens is 216 g/mol. The van der Waals surface area contributed by atoms with Crippen molar-refractivity contribution in [2.45, 2.75) is 52.1 Å². The molecule has 1 heterocycles. The van der Waals surface area contributed by atoms with Crippen LogP contribution in [0.5, 0.6) is 0 Å². The molecule has 0 aliphatic carbocycles. The molecule has 0 amide bonds. The fourth-order valence-corrected chi connectivity index (χ4v) is 2.70. The lowest BCUT2D eigenvalue weighted by molar-refractivity contribution is -0.142.